The minimum absolute atomic E-state index is 0.105. The van der Waals surface area contributed by atoms with E-state index >= 15 is 0 Å². The lowest BCUT2D eigenvalue weighted by molar-refractivity contribution is -0.140. The third-order valence-electron chi connectivity index (χ3n) is 2.69. The van der Waals surface area contributed by atoms with Crippen LogP contribution in [0.1, 0.15) is 12.8 Å². The van der Waals surface area contributed by atoms with Crippen molar-refractivity contribution >= 4 is 29.3 Å². The van der Waals surface area contributed by atoms with Gasteiger partial charge in [0.25, 0.3) is 0 Å². The van der Waals surface area contributed by atoms with Crippen molar-refractivity contribution in [2.24, 2.45) is 0 Å². The summed E-state index contributed by atoms with van der Waals surface area (Å²) in [7, 11) is 2.92. The predicted octanol–water partition coefficient (Wildman–Crippen LogP) is 1.44. The summed E-state index contributed by atoms with van der Waals surface area (Å²) < 4.78 is 9.63. The molecule has 0 heterocycles. The van der Waals surface area contributed by atoms with Gasteiger partial charge in [0, 0.05) is 23.5 Å². The molecule has 0 aliphatic carbocycles. The van der Waals surface area contributed by atoms with Crippen LogP contribution in [0, 0.1) is 0 Å². The first-order valence-electron chi connectivity index (χ1n) is 6.46. The normalized spacial score (nSPS) is 10.0. The van der Waals surface area contributed by atoms with E-state index in [0.717, 1.165) is 4.90 Å². The molecule has 0 spiro atoms. The lowest BCUT2D eigenvalue weighted by atomic mass is 10.3. The summed E-state index contributed by atoms with van der Waals surface area (Å²) in [6.45, 7) is 0.447. The quantitative estimate of drug-likeness (QED) is 0.327. The summed E-state index contributed by atoms with van der Waals surface area (Å²) in [6.07, 6.45) is 0.858. The average Bonchev–Trinajstić information content (AvgIpc) is 2.50. The third kappa shape index (κ3) is 6.40. The minimum atomic E-state index is -0.275. The Morgan fingerprint density at radius 2 is 2.10 bits per heavy atom. The van der Waals surface area contributed by atoms with Crippen molar-refractivity contribution in [3.05, 3.63) is 18.2 Å². The zero-order chi connectivity index (χ0) is 15.7. The molecule has 0 aromatic heterocycles. The number of carbonyl (C=O) groups is 2. The Balaban J connectivity index is 2.31. The van der Waals surface area contributed by atoms with Crippen molar-refractivity contribution in [3.8, 4) is 5.75 Å². The number of esters is 1. The predicted molar refractivity (Wildman–Crippen MR) is 82.4 cm³/mol. The molecule has 1 amide bonds. The molecule has 0 saturated heterocycles. The van der Waals surface area contributed by atoms with E-state index in [2.05, 4.69) is 10.1 Å². The van der Waals surface area contributed by atoms with Gasteiger partial charge in [0.05, 0.1) is 20.0 Å². The first kappa shape index (κ1) is 17.2. The Hall–Kier alpha value is -1.89. The highest BCUT2D eigenvalue weighted by Gasteiger charge is 2.07. The number of hydrogen-bond acceptors (Lipinski definition) is 6. The molecule has 0 fully saturated rings. The molecule has 0 saturated carbocycles. The van der Waals surface area contributed by atoms with Gasteiger partial charge in [-0.15, -0.1) is 11.8 Å². The number of amides is 1. The van der Waals surface area contributed by atoms with Crippen LogP contribution >= 0.6 is 11.8 Å². The van der Waals surface area contributed by atoms with Crippen molar-refractivity contribution in [1.29, 1.82) is 0 Å². The van der Waals surface area contributed by atoms with Gasteiger partial charge in [-0.3, -0.25) is 9.59 Å². The fourth-order valence-corrected chi connectivity index (χ4v) is 2.35. The zero-order valence-corrected chi connectivity index (χ0v) is 13.0. The maximum atomic E-state index is 11.7. The van der Waals surface area contributed by atoms with E-state index in [1.807, 2.05) is 0 Å². The van der Waals surface area contributed by atoms with Gasteiger partial charge in [0.15, 0.2) is 0 Å². The van der Waals surface area contributed by atoms with Crippen LogP contribution in [0.5, 0.6) is 5.75 Å². The van der Waals surface area contributed by atoms with E-state index < -0.39 is 0 Å². The molecule has 0 aliphatic heterocycles. The van der Waals surface area contributed by atoms with Gasteiger partial charge in [-0.1, -0.05) is 0 Å². The molecule has 0 unspecified atom stereocenters. The van der Waals surface area contributed by atoms with Gasteiger partial charge in [-0.25, -0.2) is 0 Å². The lowest BCUT2D eigenvalue weighted by Gasteiger charge is -2.08. The largest absolute Gasteiger partial charge is 0.497 e. The molecule has 0 aliphatic rings. The molecule has 0 radical (unpaired) electrons. The number of carbonyl (C=O) groups excluding carboxylic acids is 2. The van der Waals surface area contributed by atoms with Crippen LogP contribution in [0.3, 0.4) is 0 Å². The van der Waals surface area contributed by atoms with Crippen LogP contribution in [0.4, 0.5) is 5.69 Å². The maximum absolute atomic E-state index is 11.7. The SMILES string of the molecule is COC(=O)CCCNC(=O)CSc1cc(OC)ccc1N. The molecule has 3 N–H and O–H groups in total. The van der Waals surface area contributed by atoms with Gasteiger partial charge >= 0.3 is 5.97 Å². The molecule has 1 aromatic rings. The monoisotopic (exact) mass is 312 g/mol. The Morgan fingerprint density at radius 1 is 1.33 bits per heavy atom. The molecule has 0 bridgehead atoms. The molecule has 0 atom stereocenters. The molecule has 6 nitrogen and oxygen atoms in total. The summed E-state index contributed by atoms with van der Waals surface area (Å²) >= 11 is 1.34. The summed E-state index contributed by atoms with van der Waals surface area (Å²) in [5.41, 5.74) is 6.45. The van der Waals surface area contributed by atoms with E-state index in [0.29, 0.717) is 30.8 Å². The zero-order valence-electron chi connectivity index (χ0n) is 12.2. The number of benzene rings is 1. The Labute approximate surface area is 128 Å². The fraction of sp³-hybridized carbons (Fsp3) is 0.429. The Morgan fingerprint density at radius 3 is 2.76 bits per heavy atom. The summed E-state index contributed by atoms with van der Waals surface area (Å²) in [4.78, 5) is 23.4. The summed E-state index contributed by atoms with van der Waals surface area (Å²) in [6, 6.07) is 5.31. The van der Waals surface area contributed by atoms with Crippen LogP contribution in [0.15, 0.2) is 23.1 Å². The molecular weight excluding hydrogens is 292 g/mol. The highest BCUT2D eigenvalue weighted by Crippen LogP contribution is 2.28. The van der Waals surface area contributed by atoms with Crippen molar-refractivity contribution < 1.29 is 19.1 Å². The standard InChI is InChI=1S/C14H20N2O4S/c1-19-10-5-6-11(15)12(8-10)21-9-13(17)16-7-3-4-14(18)20-2/h5-6,8H,3-4,7,9,15H2,1-2H3,(H,16,17). The van der Waals surface area contributed by atoms with Crippen LogP contribution in [-0.2, 0) is 14.3 Å². The van der Waals surface area contributed by atoms with Crippen LogP contribution in [0.25, 0.3) is 0 Å². The Kier molecular flexibility index (Phi) is 7.45. The number of nitrogens with one attached hydrogen (secondary N) is 1. The number of methoxy groups -OCH3 is 2. The first-order chi connectivity index (χ1) is 10.1. The highest BCUT2D eigenvalue weighted by molar-refractivity contribution is 8.00. The molecule has 1 aromatic carbocycles. The van der Waals surface area contributed by atoms with Crippen LogP contribution in [-0.4, -0.2) is 38.4 Å². The molecule has 116 valence electrons. The number of nitrogen functional groups attached to an aromatic ring is 1. The van der Waals surface area contributed by atoms with Gasteiger partial charge in [0.2, 0.25) is 5.91 Å². The average molecular weight is 312 g/mol. The van der Waals surface area contributed by atoms with Crippen molar-refractivity contribution in [1.82, 2.24) is 5.32 Å². The van der Waals surface area contributed by atoms with E-state index in [9.17, 15) is 9.59 Å². The lowest BCUT2D eigenvalue weighted by Crippen LogP contribution is -2.26. The summed E-state index contributed by atoms with van der Waals surface area (Å²) in [5.74, 6) is 0.579. The van der Waals surface area contributed by atoms with Gasteiger partial charge in [0.1, 0.15) is 5.75 Å². The number of rotatable bonds is 8. The number of hydrogen-bond donors (Lipinski definition) is 2. The maximum Gasteiger partial charge on any atom is 0.305 e. The topological polar surface area (TPSA) is 90.6 Å². The minimum Gasteiger partial charge on any atom is -0.497 e. The van der Waals surface area contributed by atoms with Crippen molar-refractivity contribution in [2.45, 2.75) is 17.7 Å². The van der Waals surface area contributed by atoms with Gasteiger partial charge in [-0.05, 0) is 24.6 Å². The van der Waals surface area contributed by atoms with Crippen molar-refractivity contribution in [3.63, 3.8) is 0 Å². The Bertz CT molecular complexity index is 494. The fourth-order valence-electron chi connectivity index (χ4n) is 1.52. The number of thioether (sulfide) groups is 1. The van der Waals surface area contributed by atoms with Gasteiger partial charge in [-0.2, -0.15) is 0 Å². The third-order valence-corrected chi connectivity index (χ3v) is 3.76. The number of ether oxygens (including phenoxy) is 2. The van der Waals surface area contributed by atoms with E-state index in [1.54, 1.807) is 25.3 Å². The summed E-state index contributed by atoms with van der Waals surface area (Å²) in [5, 5.41) is 2.74. The molecule has 21 heavy (non-hydrogen) atoms. The number of nitrogens with two attached hydrogens (primary N) is 1. The van der Waals surface area contributed by atoms with Crippen LogP contribution < -0.4 is 15.8 Å². The second kappa shape index (κ2) is 9.12. The van der Waals surface area contributed by atoms with Crippen molar-refractivity contribution in [2.75, 3.05) is 32.3 Å². The second-order valence-electron chi connectivity index (χ2n) is 4.22. The van der Waals surface area contributed by atoms with Gasteiger partial charge < -0.3 is 20.5 Å². The molecule has 7 heteroatoms. The second-order valence-corrected chi connectivity index (χ2v) is 5.24. The highest BCUT2D eigenvalue weighted by atomic mass is 32.2. The number of anilines is 1. The molecule has 1 rings (SSSR count). The molecular formula is C14H20N2O4S. The first-order valence-corrected chi connectivity index (χ1v) is 7.45. The smallest absolute Gasteiger partial charge is 0.305 e. The van der Waals surface area contributed by atoms with E-state index in [4.69, 9.17) is 10.5 Å². The van der Waals surface area contributed by atoms with E-state index in [1.165, 1.54) is 18.9 Å². The van der Waals surface area contributed by atoms with Crippen LogP contribution in [0.2, 0.25) is 0 Å². The van der Waals surface area contributed by atoms with E-state index in [-0.39, 0.29) is 17.6 Å².